The molecule has 1 heterocycles. The van der Waals surface area contributed by atoms with E-state index in [9.17, 15) is 0 Å². The van der Waals surface area contributed by atoms with Gasteiger partial charge in [-0.15, -0.1) is 0 Å². The Kier molecular flexibility index (Phi) is 2.51. The number of nitrogens with zero attached hydrogens (tertiary/aromatic N) is 1. The van der Waals surface area contributed by atoms with Crippen molar-refractivity contribution in [1.82, 2.24) is 5.16 Å². The molecule has 0 unspecified atom stereocenters. The van der Waals surface area contributed by atoms with Crippen molar-refractivity contribution < 1.29 is 9.26 Å². The van der Waals surface area contributed by atoms with Crippen LogP contribution >= 0.6 is 0 Å². The summed E-state index contributed by atoms with van der Waals surface area (Å²) in [7, 11) is 1.67. The summed E-state index contributed by atoms with van der Waals surface area (Å²) in [6.07, 6.45) is 2.35. The zero-order valence-corrected chi connectivity index (χ0v) is 10.6. The first-order valence-electron chi connectivity index (χ1n) is 6.10. The summed E-state index contributed by atoms with van der Waals surface area (Å²) in [5.74, 6) is 1.80. The molecule has 0 atom stereocenters. The van der Waals surface area contributed by atoms with Crippen LogP contribution in [0.25, 0.3) is 11.1 Å². The Labute approximate surface area is 106 Å². The smallest absolute Gasteiger partial charge is 0.230 e. The van der Waals surface area contributed by atoms with Crippen LogP contribution in [0.1, 0.15) is 30.0 Å². The van der Waals surface area contributed by atoms with Crippen LogP contribution in [-0.2, 0) is 0 Å². The lowest BCUT2D eigenvalue weighted by atomic mass is 10.0. The number of hydrogen-bond acceptors (Lipinski definition) is 4. The average Bonchev–Trinajstić information content (AvgIpc) is 3.13. The molecule has 0 amide bonds. The number of hydrogen-bond donors (Lipinski definition) is 1. The second kappa shape index (κ2) is 4.05. The number of anilines is 1. The molecule has 0 saturated heterocycles. The van der Waals surface area contributed by atoms with Crippen LogP contribution in [0.5, 0.6) is 5.75 Å². The number of ether oxygens (including phenoxy) is 1. The number of nitrogen functional groups attached to an aromatic ring is 1. The van der Waals surface area contributed by atoms with Gasteiger partial charge in [-0.1, -0.05) is 11.2 Å². The molecule has 1 aliphatic rings. The fourth-order valence-electron chi connectivity index (χ4n) is 2.28. The molecule has 18 heavy (non-hydrogen) atoms. The summed E-state index contributed by atoms with van der Waals surface area (Å²) < 4.78 is 10.4. The van der Waals surface area contributed by atoms with Gasteiger partial charge in [0.25, 0.3) is 0 Å². The maximum absolute atomic E-state index is 5.90. The van der Waals surface area contributed by atoms with E-state index < -0.39 is 0 Å². The van der Waals surface area contributed by atoms with Gasteiger partial charge < -0.3 is 15.0 Å². The van der Waals surface area contributed by atoms with Gasteiger partial charge in [0.15, 0.2) is 0 Å². The SMILES string of the molecule is COc1ccc(-c2c(C3CC3)noc2N)cc1C. The van der Waals surface area contributed by atoms with Crippen LogP contribution in [0.2, 0.25) is 0 Å². The molecule has 2 N–H and O–H groups in total. The summed E-state index contributed by atoms with van der Waals surface area (Å²) in [5.41, 5.74) is 9.97. The molecule has 0 aliphatic heterocycles. The first kappa shape index (κ1) is 11.1. The van der Waals surface area contributed by atoms with Crippen molar-refractivity contribution in [1.29, 1.82) is 0 Å². The van der Waals surface area contributed by atoms with Crippen molar-refractivity contribution in [3.05, 3.63) is 29.5 Å². The first-order valence-corrected chi connectivity index (χ1v) is 6.10. The predicted molar refractivity (Wildman–Crippen MR) is 69.6 cm³/mol. The topological polar surface area (TPSA) is 61.3 Å². The predicted octanol–water partition coefficient (Wildman–Crippen LogP) is 3.12. The highest BCUT2D eigenvalue weighted by atomic mass is 16.5. The Hall–Kier alpha value is -1.97. The van der Waals surface area contributed by atoms with E-state index in [1.54, 1.807) is 7.11 Å². The molecule has 1 aromatic carbocycles. The van der Waals surface area contributed by atoms with Gasteiger partial charge in [-0.05, 0) is 43.0 Å². The minimum Gasteiger partial charge on any atom is -0.496 e. The van der Waals surface area contributed by atoms with Crippen molar-refractivity contribution >= 4 is 5.88 Å². The molecule has 94 valence electrons. The summed E-state index contributed by atoms with van der Waals surface area (Å²) in [6.45, 7) is 2.02. The Morgan fingerprint density at radius 2 is 2.17 bits per heavy atom. The summed E-state index contributed by atoms with van der Waals surface area (Å²) >= 11 is 0. The Morgan fingerprint density at radius 1 is 1.39 bits per heavy atom. The van der Waals surface area contributed by atoms with Crippen molar-refractivity contribution in [2.45, 2.75) is 25.7 Å². The number of methoxy groups -OCH3 is 1. The monoisotopic (exact) mass is 244 g/mol. The Morgan fingerprint density at radius 3 is 2.78 bits per heavy atom. The van der Waals surface area contributed by atoms with E-state index in [2.05, 4.69) is 11.2 Å². The number of aromatic nitrogens is 1. The minimum absolute atomic E-state index is 0.404. The molecule has 4 nitrogen and oxygen atoms in total. The molecule has 1 aliphatic carbocycles. The van der Waals surface area contributed by atoms with E-state index in [0.29, 0.717) is 11.8 Å². The van der Waals surface area contributed by atoms with Crippen molar-refractivity contribution in [3.8, 4) is 16.9 Å². The number of aryl methyl sites for hydroxylation is 1. The maximum Gasteiger partial charge on any atom is 0.230 e. The van der Waals surface area contributed by atoms with Crippen LogP contribution in [0, 0.1) is 6.92 Å². The molecular weight excluding hydrogens is 228 g/mol. The van der Waals surface area contributed by atoms with Gasteiger partial charge >= 0.3 is 0 Å². The zero-order valence-electron chi connectivity index (χ0n) is 10.6. The van der Waals surface area contributed by atoms with Gasteiger partial charge in [-0.2, -0.15) is 0 Å². The third-order valence-electron chi connectivity index (χ3n) is 3.39. The Bertz CT molecular complexity index is 585. The summed E-state index contributed by atoms with van der Waals surface area (Å²) in [4.78, 5) is 0. The molecule has 4 heteroatoms. The van der Waals surface area contributed by atoms with E-state index in [4.69, 9.17) is 15.0 Å². The second-order valence-electron chi connectivity index (χ2n) is 4.77. The molecule has 3 rings (SSSR count). The standard InChI is InChI=1S/C14H16N2O2/c1-8-7-10(5-6-11(8)17-2)12-13(9-3-4-9)16-18-14(12)15/h5-7,9H,3-4,15H2,1-2H3. The van der Waals surface area contributed by atoms with Crippen molar-refractivity contribution in [2.75, 3.05) is 12.8 Å². The number of rotatable bonds is 3. The maximum atomic E-state index is 5.90. The average molecular weight is 244 g/mol. The lowest BCUT2D eigenvalue weighted by Gasteiger charge is -2.07. The van der Waals surface area contributed by atoms with E-state index in [1.807, 2.05) is 19.1 Å². The molecule has 2 aromatic rings. The molecule has 0 spiro atoms. The third kappa shape index (κ3) is 1.74. The van der Waals surface area contributed by atoms with Crippen LogP contribution < -0.4 is 10.5 Å². The van der Waals surface area contributed by atoms with Crippen LogP contribution in [0.15, 0.2) is 22.7 Å². The highest BCUT2D eigenvalue weighted by molar-refractivity contribution is 5.77. The van der Waals surface area contributed by atoms with Gasteiger partial charge in [-0.3, -0.25) is 0 Å². The molecule has 1 aromatic heterocycles. The fraction of sp³-hybridized carbons (Fsp3) is 0.357. The lowest BCUT2D eigenvalue weighted by Crippen LogP contribution is -1.92. The highest BCUT2D eigenvalue weighted by Crippen LogP contribution is 2.46. The van der Waals surface area contributed by atoms with Gasteiger partial charge in [0.05, 0.1) is 18.4 Å². The molecular formula is C14H16N2O2. The van der Waals surface area contributed by atoms with Crippen LogP contribution in [0.3, 0.4) is 0 Å². The first-order chi connectivity index (χ1) is 8.70. The van der Waals surface area contributed by atoms with Gasteiger partial charge in [0.2, 0.25) is 5.88 Å². The third-order valence-corrected chi connectivity index (χ3v) is 3.39. The van der Waals surface area contributed by atoms with Gasteiger partial charge in [-0.25, -0.2) is 0 Å². The van der Waals surface area contributed by atoms with Crippen LogP contribution in [-0.4, -0.2) is 12.3 Å². The largest absolute Gasteiger partial charge is 0.496 e. The molecule has 0 bridgehead atoms. The zero-order chi connectivity index (χ0) is 12.7. The van der Waals surface area contributed by atoms with Gasteiger partial charge in [0.1, 0.15) is 5.75 Å². The second-order valence-corrected chi connectivity index (χ2v) is 4.77. The van der Waals surface area contributed by atoms with Gasteiger partial charge in [0, 0.05) is 5.92 Å². The lowest BCUT2D eigenvalue weighted by molar-refractivity contribution is 0.412. The van der Waals surface area contributed by atoms with E-state index in [0.717, 1.165) is 28.1 Å². The number of benzene rings is 1. The van der Waals surface area contributed by atoms with E-state index >= 15 is 0 Å². The molecule has 1 saturated carbocycles. The highest BCUT2D eigenvalue weighted by Gasteiger charge is 2.31. The van der Waals surface area contributed by atoms with Crippen molar-refractivity contribution in [3.63, 3.8) is 0 Å². The summed E-state index contributed by atoms with van der Waals surface area (Å²) in [5, 5.41) is 4.10. The van der Waals surface area contributed by atoms with Crippen LogP contribution in [0.4, 0.5) is 5.88 Å². The molecule has 1 fully saturated rings. The minimum atomic E-state index is 0.404. The van der Waals surface area contributed by atoms with E-state index in [-0.39, 0.29) is 0 Å². The summed E-state index contributed by atoms with van der Waals surface area (Å²) in [6, 6.07) is 6.02. The quantitative estimate of drug-likeness (QED) is 0.901. The molecule has 0 radical (unpaired) electrons. The number of nitrogens with two attached hydrogens (primary N) is 1. The van der Waals surface area contributed by atoms with E-state index in [1.165, 1.54) is 12.8 Å². The van der Waals surface area contributed by atoms with Crippen molar-refractivity contribution in [2.24, 2.45) is 0 Å². The normalized spacial score (nSPS) is 14.8. The fourth-order valence-corrected chi connectivity index (χ4v) is 2.28. The Balaban J connectivity index is 2.09.